The molecule has 3 aromatic heterocycles. The fraction of sp³-hybridized carbons (Fsp3) is 0.320. The van der Waals surface area contributed by atoms with Crippen LogP contribution in [-0.2, 0) is 0 Å². The molecule has 8 nitrogen and oxygen atoms in total. The second-order valence-corrected chi connectivity index (χ2v) is 8.66. The first-order valence-electron chi connectivity index (χ1n) is 11.3. The molecule has 1 aliphatic heterocycles. The molecule has 0 saturated carbocycles. The standard InChI is InChI=1S/C25H28N6O2/c1-17(2)33-19-9-7-18(8-10-19)28-25(32)21-20-6-4-5-11-31(20)24-22(21)23(26-16-27-24)30-14-12-29(3)13-15-30/h4-11,16-17H,12-15H2,1-3H3,(H,28,32). The van der Waals surface area contributed by atoms with E-state index in [-0.39, 0.29) is 12.0 Å². The Bertz CT molecular complexity index is 1290. The van der Waals surface area contributed by atoms with Crippen LogP contribution in [-0.4, -0.2) is 64.5 Å². The molecule has 0 radical (unpaired) electrons. The summed E-state index contributed by atoms with van der Waals surface area (Å²) in [5.74, 6) is 1.40. The molecule has 1 aliphatic rings. The number of likely N-dealkylation sites (N-methyl/N-ethyl adjacent to an activating group) is 1. The number of fused-ring (bicyclic) bond motifs is 3. The number of carbonyl (C=O) groups excluding carboxylic acids is 1. The van der Waals surface area contributed by atoms with Crippen LogP contribution in [0.3, 0.4) is 0 Å². The maximum atomic E-state index is 13.6. The lowest BCUT2D eigenvalue weighted by Crippen LogP contribution is -2.45. The van der Waals surface area contributed by atoms with Crippen molar-refractivity contribution in [2.24, 2.45) is 0 Å². The SMILES string of the molecule is CC(C)Oc1ccc(NC(=O)c2c3c(N4CCN(C)CC4)ncnc3n3ccccc23)cc1. The fourth-order valence-electron chi connectivity index (χ4n) is 4.30. The molecule has 4 aromatic rings. The number of piperazine rings is 1. The van der Waals surface area contributed by atoms with Crippen LogP contribution in [0, 0.1) is 0 Å². The van der Waals surface area contributed by atoms with Crippen molar-refractivity contribution in [2.75, 3.05) is 43.4 Å². The molecule has 33 heavy (non-hydrogen) atoms. The Balaban J connectivity index is 1.56. The summed E-state index contributed by atoms with van der Waals surface area (Å²) in [5.41, 5.74) is 2.83. The number of anilines is 2. The Morgan fingerprint density at radius 1 is 1.03 bits per heavy atom. The predicted octanol–water partition coefficient (Wildman–Crippen LogP) is 3.67. The van der Waals surface area contributed by atoms with Gasteiger partial charge in [-0.15, -0.1) is 0 Å². The molecule has 1 amide bonds. The first kappa shape index (κ1) is 21.2. The molecule has 0 atom stereocenters. The lowest BCUT2D eigenvalue weighted by molar-refractivity contribution is 0.102. The van der Waals surface area contributed by atoms with Crippen LogP contribution in [0.5, 0.6) is 5.75 Å². The number of nitrogens with zero attached hydrogens (tertiary/aromatic N) is 5. The van der Waals surface area contributed by atoms with Crippen molar-refractivity contribution in [3.05, 3.63) is 60.6 Å². The van der Waals surface area contributed by atoms with Gasteiger partial charge < -0.3 is 24.3 Å². The molecule has 1 fully saturated rings. The van der Waals surface area contributed by atoms with Crippen molar-refractivity contribution in [1.29, 1.82) is 0 Å². The first-order valence-corrected chi connectivity index (χ1v) is 11.3. The number of hydrogen-bond acceptors (Lipinski definition) is 6. The molecule has 1 N–H and O–H groups in total. The van der Waals surface area contributed by atoms with Crippen molar-refractivity contribution in [3.63, 3.8) is 0 Å². The summed E-state index contributed by atoms with van der Waals surface area (Å²) in [5, 5.41) is 3.84. The molecule has 8 heteroatoms. The molecule has 0 spiro atoms. The van der Waals surface area contributed by atoms with Crippen LogP contribution >= 0.6 is 0 Å². The van der Waals surface area contributed by atoms with Crippen LogP contribution in [0.2, 0.25) is 0 Å². The largest absolute Gasteiger partial charge is 0.491 e. The monoisotopic (exact) mass is 444 g/mol. The Morgan fingerprint density at radius 3 is 2.52 bits per heavy atom. The van der Waals surface area contributed by atoms with Crippen molar-refractivity contribution in [2.45, 2.75) is 20.0 Å². The van der Waals surface area contributed by atoms with E-state index in [4.69, 9.17) is 4.74 Å². The maximum Gasteiger partial charge on any atom is 0.258 e. The van der Waals surface area contributed by atoms with Gasteiger partial charge in [0.2, 0.25) is 0 Å². The van der Waals surface area contributed by atoms with Crippen molar-refractivity contribution >= 4 is 34.0 Å². The summed E-state index contributed by atoms with van der Waals surface area (Å²) in [6, 6.07) is 13.3. The Labute approximate surface area is 192 Å². The zero-order chi connectivity index (χ0) is 22.9. The van der Waals surface area contributed by atoms with Crippen molar-refractivity contribution in [1.82, 2.24) is 19.3 Å². The van der Waals surface area contributed by atoms with Gasteiger partial charge in [-0.1, -0.05) is 6.07 Å². The van der Waals surface area contributed by atoms with Crippen molar-refractivity contribution in [3.8, 4) is 5.75 Å². The first-order chi connectivity index (χ1) is 16.0. The minimum Gasteiger partial charge on any atom is -0.491 e. The Morgan fingerprint density at radius 2 is 1.79 bits per heavy atom. The predicted molar refractivity (Wildman–Crippen MR) is 130 cm³/mol. The summed E-state index contributed by atoms with van der Waals surface area (Å²) in [6.45, 7) is 7.58. The van der Waals surface area contributed by atoms with Crippen LogP contribution < -0.4 is 15.0 Å². The second-order valence-electron chi connectivity index (χ2n) is 8.66. The van der Waals surface area contributed by atoms with Gasteiger partial charge in [0, 0.05) is 38.1 Å². The van der Waals surface area contributed by atoms with E-state index >= 15 is 0 Å². The average Bonchev–Trinajstić information content (AvgIpc) is 3.15. The Hall–Kier alpha value is -3.65. The number of benzene rings is 1. The van der Waals surface area contributed by atoms with Gasteiger partial charge >= 0.3 is 0 Å². The van der Waals surface area contributed by atoms with Crippen molar-refractivity contribution < 1.29 is 9.53 Å². The number of aromatic nitrogens is 3. The number of rotatable bonds is 5. The lowest BCUT2D eigenvalue weighted by Gasteiger charge is -2.33. The zero-order valence-electron chi connectivity index (χ0n) is 19.2. The smallest absolute Gasteiger partial charge is 0.258 e. The average molecular weight is 445 g/mol. The molecular formula is C25H28N6O2. The molecule has 0 aliphatic carbocycles. The third-order valence-electron chi connectivity index (χ3n) is 5.92. The zero-order valence-corrected chi connectivity index (χ0v) is 19.2. The lowest BCUT2D eigenvalue weighted by atomic mass is 10.1. The number of carbonyl (C=O) groups is 1. The van der Waals surface area contributed by atoms with Gasteiger partial charge in [0.15, 0.2) is 5.65 Å². The van der Waals surface area contributed by atoms with E-state index in [9.17, 15) is 4.79 Å². The van der Waals surface area contributed by atoms with Crippen LogP contribution in [0.1, 0.15) is 24.2 Å². The van der Waals surface area contributed by atoms with E-state index in [0.29, 0.717) is 11.3 Å². The van der Waals surface area contributed by atoms with Gasteiger partial charge in [0.1, 0.15) is 17.9 Å². The van der Waals surface area contributed by atoms with Crippen LogP contribution in [0.25, 0.3) is 16.6 Å². The van der Waals surface area contributed by atoms with Gasteiger partial charge in [0.05, 0.1) is 22.6 Å². The van der Waals surface area contributed by atoms with E-state index in [0.717, 1.165) is 54.3 Å². The van der Waals surface area contributed by atoms with E-state index < -0.39 is 0 Å². The highest BCUT2D eigenvalue weighted by Crippen LogP contribution is 2.33. The minimum absolute atomic E-state index is 0.0949. The second kappa shape index (κ2) is 8.71. The van der Waals surface area contributed by atoms with E-state index in [1.54, 1.807) is 6.33 Å². The van der Waals surface area contributed by atoms with E-state index in [1.165, 1.54) is 0 Å². The van der Waals surface area contributed by atoms with Gasteiger partial charge in [-0.2, -0.15) is 0 Å². The summed E-state index contributed by atoms with van der Waals surface area (Å²) >= 11 is 0. The molecule has 0 bridgehead atoms. The quantitative estimate of drug-likeness (QED) is 0.506. The molecule has 0 unspecified atom stereocenters. The van der Waals surface area contributed by atoms with Gasteiger partial charge in [-0.3, -0.25) is 4.79 Å². The highest BCUT2D eigenvalue weighted by Gasteiger charge is 2.26. The van der Waals surface area contributed by atoms with Gasteiger partial charge in [0.25, 0.3) is 5.91 Å². The van der Waals surface area contributed by atoms with E-state index in [2.05, 4.69) is 32.1 Å². The molecule has 170 valence electrons. The van der Waals surface area contributed by atoms with Gasteiger partial charge in [-0.05, 0) is 57.3 Å². The van der Waals surface area contributed by atoms with Crippen LogP contribution in [0.15, 0.2) is 55.0 Å². The fourth-order valence-corrected chi connectivity index (χ4v) is 4.30. The van der Waals surface area contributed by atoms with E-state index in [1.807, 2.05) is 66.9 Å². The topological polar surface area (TPSA) is 75.0 Å². The summed E-state index contributed by atoms with van der Waals surface area (Å²) in [7, 11) is 2.12. The van der Waals surface area contributed by atoms with Crippen LogP contribution in [0.4, 0.5) is 11.5 Å². The number of nitrogens with one attached hydrogen (secondary N) is 1. The maximum absolute atomic E-state index is 13.6. The number of ether oxygens (including phenoxy) is 1. The summed E-state index contributed by atoms with van der Waals surface area (Å²) in [4.78, 5) is 27.3. The number of pyridine rings is 1. The Kier molecular flexibility index (Phi) is 5.60. The normalized spacial score (nSPS) is 14.8. The molecule has 4 heterocycles. The molecular weight excluding hydrogens is 416 g/mol. The number of hydrogen-bond donors (Lipinski definition) is 1. The minimum atomic E-state index is -0.184. The third-order valence-corrected chi connectivity index (χ3v) is 5.92. The summed E-state index contributed by atoms with van der Waals surface area (Å²) < 4.78 is 7.67. The molecule has 5 rings (SSSR count). The highest BCUT2D eigenvalue weighted by molar-refractivity contribution is 6.20. The number of amides is 1. The molecule has 1 saturated heterocycles. The highest BCUT2D eigenvalue weighted by atomic mass is 16.5. The molecule has 1 aromatic carbocycles. The van der Waals surface area contributed by atoms with Gasteiger partial charge in [-0.25, -0.2) is 9.97 Å². The summed E-state index contributed by atoms with van der Waals surface area (Å²) in [6.07, 6.45) is 3.62. The third kappa shape index (κ3) is 4.09.